The van der Waals surface area contributed by atoms with Crippen LogP contribution in [0, 0.1) is 0 Å². The van der Waals surface area contributed by atoms with Gasteiger partial charge in [0.15, 0.2) is 0 Å². The molecule has 0 radical (unpaired) electrons. The molecule has 1 aromatic heterocycles. The first-order chi connectivity index (χ1) is 9.67. The largest absolute Gasteiger partial charge is 0.368 e. The number of nitrogens with one attached hydrogen (secondary N) is 1. The van der Waals surface area contributed by atoms with Crippen LogP contribution in [0.1, 0.15) is 33.1 Å². The fourth-order valence-electron chi connectivity index (χ4n) is 2.65. The number of aromatic nitrogens is 2. The second kappa shape index (κ2) is 7.22. The van der Waals surface area contributed by atoms with Gasteiger partial charge in [0.25, 0.3) is 5.56 Å². The van der Waals surface area contributed by atoms with Gasteiger partial charge in [-0.05, 0) is 49.2 Å². The molecule has 1 aliphatic rings. The lowest BCUT2D eigenvalue weighted by molar-refractivity contribution is 0.400. The van der Waals surface area contributed by atoms with E-state index in [1.807, 2.05) is 6.92 Å². The van der Waals surface area contributed by atoms with Crippen LogP contribution in [-0.4, -0.2) is 35.5 Å². The molecule has 1 aliphatic heterocycles. The highest BCUT2D eigenvalue weighted by molar-refractivity contribution is 9.10. The van der Waals surface area contributed by atoms with Crippen LogP contribution in [0.15, 0.2) is 15.5 Å². The highest BCUT2D eigenvalue weighted by Gasteiger charge is 2.19. The van der Waals surface area contributed by atoms with Gasteiger partial charge in [-0.1, -0.05) is 6.42 Å². The molecule has 20 heavy (non-hydrogen) atoms. The van der Waals surface area contributed by atoms with Gasteiger partial charge in [-0.3, -0.25) is 4.79 Å². The molecule has 1 saturated heterocycles. The molecule has 0 aliphatic carbocycles. The Morgan fingerprint density at radius 2 is 2.30 bits per heavy atom. The van der Waals surface area contributed by atoms with Crippen molar-refractivity contribution in [2.75, 3.05) is 24.5 Å². The summed E-state index contributed by atoms with van der Waals surface area (Å²) in [6.07, 6.45) is 5.54. The summed E-state index contributed by atoms with van der Waals surface area (Å²) in [7, 11) is 0. The maximum Gasteiger partial charge on any atom is 0.283 e. The van der Waals surface area contributed by atoms with Gasteiger partial charge >= 0.3 is 0 Å². The van der Waals surface area contributed by atoms with Crippen molar-refractivity contribution in [3.05, 3.63) is 21.0 Å². The molecular weight excluding hydrogens is 320 g/mol. The van der Waals surface area contributed by atoms with E-state index in [0.717, 1.165) is 25.3 Å². The molecule has 5 nitrogen and oxygen atoms in total. The minimum atomic E-state index is -0.0555. The molecule has 1 atom stereocenters. The normalized spacial score (nSPS) is 19.1. The Morgan fingerprint density at radius 3 is 2.90 bits per heavy atom. The highest BCUT2D eigenvalue weighted by atomic mass is 79.9. The number of hydrogen-bond donors (Lipinski definition) is 1. The molecule has 2 rings (SSSR count). The molecule has 112 valence electrons. The lowest BCUT2D eigenvalue weighted by Gasteiger charge is -2.31. The van der Waals surface area contributed by atoms with Crippen molar-refractivity contribution in [2.24, 2.45) is 0 Å². The number of aryl methyl sites for hydroxylation is 1. The van der Waals surface area contributed by atoms with Crippen LogP contribution in [-0.2, 0) is 6.54 Å². The van der Waals surface area contributed by atoms with Gasteiger partial charge in [0.1, 0.15) is 4.47 Å². The minimum absolute atomic E-state index is 0.0555. The predicted octanol–water partition coefficient (Wildman–Crippen LogP) is 1.99. The van der Waals surface area contributed by atoms with Gasteiger partial charge in [-0.15, -0.1) is 0 Å². The van der Waals surface area contributed by atoms with E-state index in [4.69, 9.17) is 0 Å². The summed E-state index contributed by atoms with van der Waals surface area (Å²) >= 11 is 3.44. The SMILES string of the molecule is CCN(CC1CCCCN1)c1cnn(CC)c(=O)c1Br. The van der Waals surface area contributed by atoms with E-state index in [1.165, 1.54) is 23.9 Å². The zero-order valence-corrected chi connectivity index (χ0v) is 13.8. The summed E-state index contributed by atoms with van der Waals surface area (Å²) in [6, 6.07) is 0.504. The van der Waals surface area contributed by atoms with Crippen molar-refractivity contribution in [3.8, 4) is 0 Å². The highest BCUT2D eigenvalue weighted by Crippen LogP contribution is 2.22. The fourth-order valence-corrected chi connectivity index (χ4v) is 3.20. The number of piperidine rings is 1. The molecule has 1 fully saturated rings. The van der Waals surface area contributed by atoms with E-state index < -0.39 is 0 Å². The van der Waals surface area contributed by atoms with Crippen LogP contribution in [0.4, 0.5) is 5.69 Å². The Balaban J connectivity index is 2.18. The summed E-state index contributed by atoms with van der Waals surface area (Å²) in [5, 5.41) is 7.78. The summed E-state index contributed by atoms with van der Waals surface area (Å²) in [4.78, 5) is 14.4. The van der Waals surface area contributed by atoms with E-state index in [0.29, 0.717) is 17.1 Å². The third-order valence-corrected chi connectivity index (χ3v) is 4.59. The van der Waals surface area contributed by atoms with Gasteiger partial charge in [0.05, 0.1) is 11.9 Å². The quantitative estimate of drug-likeness (QED) is 0.888. The monoisotopic (exact) mass is 342 g/mol. The van der Waals surface area contributed by atoms with E-state index in [1.54, 1.807) is 6.20 Å². The third kappa shape index (κ3) is 3.41. The van der Waals surface area contributed by atoms with E-state index >= 15 is 0 Å². The lowest BCUT2D eigenvalue weighted by Crippen LogP contribution is -2.44. The number of likely N-dealkylation sites (N-methyl/N-ethyl adjacent to an activating group) is 1. The molecule has 0 saturated carbocycles. The minimum Gasteiger partial charge on any atom is -0.368 e. The first kappa shape index (κ1) is 15.5. The molecule has 6 heteroatoms. The lowest BCUT2D eigenvalue weighted by atomic mass is 10.0. The van der Waals surface area contributed by atoms with Crippen LogP contribution in [0.2, 0.25) is 0 Å². The van der Waals surface area contributed by atoms with E-state index in [2.05, 4.69) is 38.2 Å². The topological polar surface area (TPSA) is 50.2 Å². The van der Waals surface area contributed by atoms with Crippen molar-refractivity contribution in [1.82, 2.24) is 15.1 Å². The van der Waals surface area contributed by atoms with Crippen molar-refractivity contribution >= 4 is 21.6 Å². The summed E-state index contributed by atoms with van der Waals surface area (Å²) in [6.45, 7) is 7.51. The van der Waals surface area contributed by atoms with Gasteiger partial charge in [0.2, 0.25) is 0 Å². The van der Waals surface area contributed by atoms with Crippen molar-refractivity contribution < 1.29 is 0 Å². The van der Waals surface area contributed by atoms with Gasteiger partial charge in [0, 0.05) is 25.7 Å². The predicted molar refractivity (Wildman–Crippen MR) is 85.4 cm³/mol. The average molecular weight is 343 g/mol. The van der Waals surface area contributed by atoms with Gasteiger partial charge in [-0.25, -0.2) is 4.68 Å². The van der Waals surface area contributed by atoms with Crippen LogP contribution in [0.3, 0.4) is 0 Å². The van der Waals surface area contributed by atoms with Crippen LogP contribution < -0.4 is 15.8 Å². The van der Waals surface area contributed by atoms with Gasteiger partial charge < -0.3 is 10.2 Å². The standard InChI is InChI=1S/C14H23BrN4O/c1-3-18(10-11-7-5-6-8-16-11)12-9-17-19(4-2)14(20)13(12)15/h9,11,16H,3-8,10H2,1-2H3. The maximum absolute atomic E-state index is 12.1. The number of nitrogens with zero attached hydrogens (tertiary/aromatic N) is 3. The molecule has 0 spiro atoms. The van der Waals surface area contributed by atoms with Crippen LogP contribution in [0.25, 0.3) is 0 Å². The molecule has 1 unspecified atom stereocenters. The van der Waals surface area contributed by atoms with Crippen molar-refractivity contribution in [1.29, 1.82) is 0 Å². The third-order valence-electron chi connectivity index (χ3n) is 3.84. The number of halogens is 1. The molecular formula is C14H23BrN4O. The fraction of sp³-hybridized carbons (Fsp3) is 0.714. The first-order valence-electron chi connectivity index (χ1n) is 7.41. The Morgan fingerprint density at radius 1 is 1.50 bits per heavy atom. The van der Waals surface area contributed by atoms with Crippen molar-refractivity contribution in [2.45, 2.75) is 45.7 Å². The van der Waals surface area contributed by atoms with Crippen LogP contribution in [0.5, 0.6) is 0 Å². The smallest absolute Gasteiger partial charge is 0.283 e. The maximum atomic E-state index is 12.1. The summed E-state index contributed by atoms with van der Waals surface area (Å²) in [5.74, 6) is 0. The Hall–Kier alpha value is -0.880. The summed E-state index contributed by atoms with van der Waals surface area (Å²) in [5.41, 5.74) is 0.842. The average Bonchev–Trinajstić information content (AvgIpc) is 2.49. The number of rotatable bonds is 5. The molecule has 1 N–H and O–H groups in total. The van der Waals surface area contributed by atoms with Crippen molar-refractivity contribution in [3.63, 3.8) is 0 Å². The zero-order chi connectivity index (χ0) is 14.5. The molecule has 0 bridgehead atoms. The summed E-state index contributed by atoms with van der Waals surface area (Å²) < 4.78 is 2.09. The Kier molecular flexibility index (Phi) is 5.60. The first-order valence-corrected chi connectivity index (χ1v) is 8.20. The second-order valence-electron chi connectivity index (χ2n) is 5.15. The second-order valence-corrected chi connectivity index (χ2v) is 5.94. The Labute approximate surface area is 128 Å². The van der Waals surface area contributed by atoms with Crippen LogP contribution >= 0.6 is 15.9 Å². The van der Waals surface area contributed by atoms with E-state index in [9.17, 15) is 4.79 Å². The van der Waals surface area contributed by atoms with E-state index in [-0.39, 0.29) is 5.56 Å². The molecule has 2 heterocycles. The van der Waals surface area contributed by atoms with Gasteiger partial charge in [-0.2, -0.15) is 5.10 Å². The Bertz CT molecular complexity index is 496. The molecule has 0 aromatic carbocycles. The zero-order valence-electron chi connectivity index (χ0n) is 12.2. The molecule has 0 amide bonds. The molecule has 1 aromatic rings. The number of anilines is 1. The number of hydrogen-bond acceptors (Lipinski definition) is 4.